The van der Waals surface area contributed by atoms with E-state index in [1.54, 1.807) is 72.8 Å². The molecule has 0 amide bonds. The van der Waals surface area contributed by atoms with Gasteiger partial charge in [-0.2, -0.15) is 0 Å². The molecule has 7 N–H and O–H groups in total. The van der Waals surface area contributed by atoms with Crippen LogP contribution in [0.15, 0.2) is 48.6 Å². The van der Waals surface area contributed by atoms with Gasteiger partial charge in [0.05, 0.1) is 61.0 Å². The van der Waals surface area contributed by atoms with Gasteiger partial charge in [0.25, 0.3) is 0 Å². The average Bonchev–Trinajstić information content (AvgIpc) is 3.33. The van der Waals surface area contributed by atoms with Crippen molar-refractivity contribution in [3.05, 3.63) is 48.6 Å². The van der Waals surface area contributed by atoms with Crippen molar-refractivity contribution in [2.24, 2.45) is 47.3 Å². The smallest absolute Gasteiger partial charge is 0.331 e. The van der Waals surface area contributed by atoms with E-state index in [1.165, 1.54) is 31.4 Å². The standard InChI is InChI=1S/C55H90O18/c1-14-38-34(9)72-54(63,26-42(38)68-46-24-40(56)50(61)36(11)66-46)32(7)48(59)30(5)52-28(3)20-16-18-23-45(58)71-53(29(4)21-17-19-22-44(57)70-52)31(6)49(60)33(8)55(64)27-43(39(15-2)35(10)73-55)69-47-25-41(65-13)51(62)37(12)67-47/h16-23,28-43,46-53,56,59-64H,14-15,24-27H2,1-13H3. The maximum absolute atomic E-state index is 13.5. The monoisotopic (exact) mass is 1040 g/mol. The molecular weight excluding hydrogens is 949 g/mol. The lowest BCUT2D eigenvalue weighted by atomic mass is 9.76. The van der Waals surface area contributed by atoms with Crippen LogP contribution in [0.3, 0.4) is 0 Å². The Bertz CT molecular complexity index is 1870. The van der Waals surface area contributed by atoms with Gasteiger partial charge in [-0.3, -0.25) is 0 Å². The van der Waals surface area contributed by atoms with E-state index >= 15 is 0 Å². The predicted octanol–water partition coefficient (Wildman–Crippen LogP) is 4.77. The molecule has 0 spiro atoms. The van der Waals surface area contributed by atoms with Crippen molar-refractivity contribution in [1.29, 1.82) is 0 Å². The Kier molecular flexibility index (Phi) is 22.3. The number of aliphatic hydroxyl groups is 7. The fraction of sp³-hybridized carbons (Fsp3) is 0.818. The molecular formula is C55H90O18. The number of hydrogen-bond acceptors (Lipinski definition) is 18. The summed E-state index contributed by atoms with van der Waals surface area (Å²) in [6, 6.07) is 0. The van der Waals surface area contributed by atoms with Crippen LogP contribution in [0.1, 0.15) is 122 Å². The minimum atomic E-state index is -1.87. The summed E-state index contributed by atoms with van der Waals surface area (Å²) < 4.78 is 55.0. The van der Waals surface area contributed by atoms with E-state index in [9.17, 15) is 45.3 Å². The Hall–Kier alpha value is -2.66. The topological polar surface area (TPSA) is 259 Å². The first-order chi connectivity index (χ1) is 34.3. The van der Waals surface area contributed by atoms with E-state index in [0.717, 1.165) is 0 Å². The highest BCUT2D eigenvalue weighted by Crippen LogP contribution is 2.45. The first kappa shape index (κ1) is 61.2. The third-order valence-corrected chi connectivity index (χ3v) is 16.8. The third kappa shape index (κ3) is 14.9. The molecule has 73 heavy (non-hydrogen) atoms. The van der Waals surface area contributed by atoms with E-state index in [2.05, 4.69) is 0 Å². The molecule has 18 heteroatoms. The van der Waals surface area contributed by atoms with Gasteiger partial charge in [-0.05, 0) is 40.5 Å². The summed E-state index contributed by atoms with van der Waals surface area (Å²) in [5.74, 6) is -9.68. The average molecular weight is 1040 g/mol. The Balaban J connectivity index is 1.28. The Labute approximate surface area is 433 Å². The van der Waals surface area contributed by atoms with E-state index in [1.807, 2.05) is 34.6 Å². The van der Waals surface area contributed by atoms with Gasteiger partial charge in [-0.25, -0.2) is 9.59 Å². The van der Waals surface area contributed by atoms with Gasteiger partial charge in [0.1, 0.15) is 24.4 Å². The highest BCUT2D eigenvalue weighted by Gasteiger charge is 2.54. The number of cyclic esters (lactones) is 2. The molecule has 5 rings (SSSR count). The Morgan fingerprint density at radius 1 is 0.603 bits per heavy atom. The van der Waals surface area contributed by atoms with Crippen LogP contribution in [-0.2, 0) is 52.2 Å². The summed E-state index contributed by atoms with van der Waals surface area (Å²) in [5.41, 5.74) is 0. The number of allylic oxidation sites excluding steroid dienone is 4. The number of methoxy groups -OCH3 is 1. The fourth-order valence-electron chi connectivity index (χ4n) is 11.8. The Morgan fingerprint density at radius 2 is 1.00 bits per heavy atom. The normalized spacial score (nSPS) is 43.8. The molecule has 0 aromatic carbocycles. The minimum absolute atomic E-state index is 0.0168. The second kappa shape index (κ2) is 26.6. The second-order valence-corrected chi connectivity index (χ2v) is 21.9. The molecule has 418 valence electrons. The number of carbonyl (C=O) groups excluding carboxylic acids is 2. The van der Waals surface area contributed by atoms with Crippen molar-refractivity contribution in [1.82, 2.24) is 0 Å². The zero-order valence-corrected chi connectivity index (χ0v) is 45.3. The van der Waals surface area contributed by atoms with Crippen molar-refractivity contribution in [3.63, 3.8) is 0 Å². The van der Waals surface area contributed by atoms with Crippen LogP contribution >= 0.6 is 0 Å². The van der Waals surface area contributed by atoms with Gasteiger partial charge >= 0.3 is 11.9 Å². The predicted molar refractivity (Wildman–Crippen MR) is 268 cm³/mol. The van der Waals surface area contributed by atoms with Crippen molar-refractivity contribution < 1.29 is 88.0 Å². The lowest BCUT2D eigenvalue weighted by molar-refractivity contribution is -0.345. The highest BCUT2D eigenvalue weighted by molar-refractivity contribution is 5.83. The molecule has 0 radical (unpaired) electrons. The van der Waals surface area contributed by atoms with E-state index in [-0.39, 0.29) is 31.1 Å². The number of esters is 2. The van der Waals surface area contributed by atoms with Crippen molar-refractivity contribution in [2.45, 2.75) is 231 Å². The summed E-state index contributed by atoms with van der Waals surface area (Å²) in [6.07, 6.45) is 1.28. The van der Waals surface area contributed by atoms with Crippen LogP contribution in [0.5, 0.6) is 0 Å². The lowest BCUT2D eigenvalue weighted by Crippen LogP contribution is -2.59. The van der Waals surface area contributed by atoms with Crippen molar-refractivity contribution in [2.75, 3.05) is 7.11 Å². The van der Waals surface area contributed by atoms with Gasteiger partial charge < -0.3 is 78.4 Å². The summed E-state index contributed by atoms with van der Waals surface area (Å²) in [7, 11) is 1.53. The maximum Gasteiger partial charge on any atom is 0.331 e. The number of carbonyl (C=O) groups is 2. The summed E-state index contributed by atoms with van der Waals surface area (Å²) in [5, 5.41) is 79.6. The number of ether oxygens (including phenoxy) is 9. The number of aliphatic hydroxyl groups excluding tert-OH is 5. The summed E-state index contributed by atoms with van der Waals surface area (Å²) in [6.45, 7) is 21.5. The molecule has 26 unspecified atom stereocenters. The molecule has 5 heterocycles. The minimum Gasteiger partial charge on any atom is -0.458 e. The van der Waals surface area contributed by atoms with Crippen molar-refractivity contribution in [3.8, 4) is 0 Å². The number of rotatable bonds is 15. The van der Waals surface area contributed by atoms with E-state index in [4.69, 9.17) is 42.6 Å². The largest absolute Gasteiger partial charge is 0.458 e. The SMILES string of the molecule is CCC1C(C)OC(O)(C(C)C(O)C(C)C2OC(=O)C=CC=CC(C)C(C(C)C(O)C(C)C3(O)CC(OC4CC(OC)C(O)C(C)O4)C(CC)C(C)O3)OC(=O)C=CC=CC2C)CC1OC1CC(O)C(O)C(C)O1. The fourth-order valence-corrected chi connectivity index (χ4v) is 11.8. The first-order valence-corrected chi connectivity index (χ1v) is 26.8. The molecule has 0 aromatic rings. The zero-order chi connectivity index (χ0) is 54.3. The molecule has 26 atom stereocenters. The summed E-state index contributed by atoms with van der Waals surface area (Å²) in [4.78, 5) is 27.1. The Morgan fingerprint density at radius 3 is 1.38 bits per heavy atom. The van der Waals surface area contributed by atoms with Gasteiger partial charge in [0.15, 0.2) is 24.2 Å². The molecule has 18 nitrogen and oxygen atoms in total. The molecule has 5 aliphatic heterocycles. The van der Waals surface area contributed by atoms with Crippen LogP contribution < -0.4 is 0 Å². The van der Waals surface area contributed by atoms with Crippen LogP contribution in [0, 0.1) is 47.3 Å². The third-order valence-electron chi connectivity index (χ3n) is 16.8. The first-order valence-electron chi connectivity index (χ1n) is 26.8. The molecule has 5 aliphatic rings. The van der Waals surface area contributed by atoms with Crippen LogP contribution in [0.25, 0.3) is 0 Å². The van der Waals surface area contributed by atoms with Gasteiger partial charge in [0.2, 0.25) is 0 Å². The van der Waals surface area contributed by atoms with Crippen molar-refractivity contribution >= 4 is 11.9 Å². The van der Waals surface area contributed by atoms with Crippen LogP contribution in [0.2, 0.25) is 0 Å². The van der Waals surface area contributed by atoms with E-state index < -0.39 is 157 Å². The quantitative estimate of drug-likeness (QED) is 0.109. The zero-order valence-electron chi connectivity index (χ0n) is 45.3. The molecule has 4 saturated heterocycles. The molecule has 4 fully saturated rings. The van der Waals surface area contributed by atoms with E-state index in [0.29, 0.717) is 19.3 Å². The molecule has 0 aliphatic carbocycles. The van der Waals surface area contributed by atoms with Gasteiger partial charge in [-0.15, -0.1) is 0 Å². The second-order valence-electron chi connectivity index (χ2n) is 21.9. The maximum atomic E-state index is 13.5. The highest BCUT2D eigenvalue weighted by atomic mass is 16.7. The molecule has 0 aromatic heterocycles. The van der Waals surface area contributed by atoms with Crippen LogP contribution in [0.4, 0.5) is 0 Å². The van der Waals surface area contributed by atoms with Gasteiger partial charge in [0, 0.05) is 92.3 Å². The lowest BCUT2D eigenvalue weighted by Gasteiger charge is -2.50. The summed E-state index contributed by atoms with van der Waals surface area (Å²) >= 11 is 0. The van der Waals surface area contributed by atoms with Gasteiger partial charge in [-0.1, -0.05) is 91.8 Å². The molecule has 0 saturated carbocycles. The number of hydrogen-bond donors (Lipinski definition) is 7. The van der Waals surface area contributed by atoms with Crippen LogP contribution in [-0.4, -0.2) is 164 Å². The molecule has 0 bridgehead atoms.